The number of carbonyl (C=O) groups is 1. The number of amides is 1. The molecular formula is C28H28FNO4S. The number of benzene rings is 3. The van der Waals surface area contributed by atoms with Gasteiger partial charge in [0, 0.05) is 10.6 Å². The molecule has 2 aliphatic heterocycles. The van der Waals surface area contributed by atoms with E-state index >= 15 is 0 Å². The molecule has 5 nitrogen and oxygen atoms in total. The number of rotatable bonds is 9. The summed E-state index contributed by atoms with van der Waals surface area (Å²) >= 11 is 1.66. The van der Waals surface area contributed by atoms with Crippen molar-refractivity contribution in [2.24, 2.45) is 5.41 Å². The lowest BCUT2D eigenvalue weighted by molar-refractivity contribution is -0.153. The first-order valence-electron chi connectivity index (χ1n) is 11.9. The van der Waals surface area contributed by atoms with Crippen LogP contribution in [0.3, 0.4) is 0 Å². The molecule has 1 unspecified atom stereocenters. The van der Waals surface area contributed by atoms with Crippen molar-refractivity contribution in [3.63, 3.8) is 0 Å². The average molecular weight is 494 g/mol. The summed E-state index contributed by atoms with van der Waals surface area (Å²) in [6.07, 6.45) is 3.65. The van der Waals surface area contributed by atoms with Crippen LogP contribution in [0.2, 0.25) is 0 Å². The van der Waals surface area contributed by atoms with Gasteiger partial charge in [-0.25, -0.2) is 9.87 Å². The summed E-state index contributed by atoms with van der Waals surface area (Å²) in [7, 11) is 0. The Bertz CT molecular complexity index is 1110. The molecule has 0 aromatic heterocycles. The van der Waals surface area contributed by atoms with Crippen LogP contribution in [0.25, 0.3) is 0 Å². The molecule has 5 rings (SSSR count). The van der Waals surface area contributed by atoms with E-state index in [1.807, 2.05) is 54.6 Å². The largest absolute Gasteiger partial charge is 0.457 e. The van der Waals surface area contributed by atoms with Crippen molar-refractivity contribution in [3.05, 3.63) is 90.2 Å². The number of ether oxygens (including phenoxy) is 2. The topological polar surface area (TPSA) is 56.8 Å². The minimum Gasteiger partial charge on any atom is -0.457 e. The van der Waals surface area contributed by atoms with Gasteiger partial charge >= 0.3 is 0 Å². The normalized spacial score (nSPS) is 23.1. The zero-order valence-corrected chi connectivity index (χ0v) is 20.1. The Kier molecular flexibility index (Phi) is 7.37. The van der Waals surface area contributed by atoms with Crippen LogP contribution in [-0.4, -0.2) is 23.9 Å². The minimum absolute atomic E-state index is 0.0719. The SMILES string of the molecule is O=C(NOCc1ccccc1)C1(CSc2ccc(Oc3ccc(F)cc3)cc2)C[C@H]2CC[C@@H](C1)O2. The highest BCUT2D eigenvalue weighted by atomic mass is 32.2. The summed E-state index contributed by atoms with van der Waals surface area (Å²) in [4.78, 5) is 20.0. The number of thioether (sulfide) groups is 1. The van der Waals surface area contributed by atoms with Crippen LogP contribution in [0.1, 0.15) is 31.2 Å². The van der Waals surface area contributed by atoms with Crippen molar-refractivity contribution in [3.8, 4) is 11.5 Å². The predicted molar refractivity (Wildman–Crippen MR) is 133 cm³/mol. The second-order valence-electron chi connectivity index (χ2n) is 9.17. The van der Waals surface area contributed by atoms with Gasteiger partial charge in [0.15, 0.2) is 0 Å². The molecule has 1 N–H and O–H groups in total. The van der Waals surface area contributed by atoms with E-state index in [0.29, 0.717) is 36.7 Å². The number of fused-ring (bicyclic) bond motifs is 2. The van der Waals surface area contributed by atoms with Gasteiger partial charge in [-0.1, -0.05) is 30.3 Å². The van der Waals surface area contributed by atoms with Gasteiger partial charge in [0.1, 0.15) is 17.3 Å². The molecule has 0 radical (unpaired) electrons. The van der Waals surface area contributed by atoms with Gasteiger partial charge in [0.2, 0.25) is 0 Å². The molecule has 2 bridgehead atoms. The first-order chi connectivity index (χ1) is 17.1. The fraction of sp³-hybridized carbons (Fsp3) is 0.321. The standard InChI is InChI=1S/C28H28FNO4S/c29-21-6-8-22(9-7-21)33-23-12-14-26(15-13-23)35-19-28(16-24-10-11-25(17-28)34-24)27(31)30-32-18-20-4-2-1-3-5-20/h1-9,12-15,24-25H,10-11,16-19H2,(H,30,31)/t24-,25+,28?. The fourth-order valence-corrected chi connectivity index (χ4v) is 5.87. The molecule has 35 heavy (non-hydrogen) atoms. The zero-order chi connectivity index (χ0) is 24.1. The zero-order valence-electron chi connectivity index (χ0n) is 19.3. The molecule has 0 aliphatic carbocycles. The van der Waals surface area contributed by atoms with Gasteiger partial charge in [-0.3, -0.25) is 9.63 Å². The van der Waals surface area contributed by atoms with E-state index in [9.17, 15) is 9.18 Å². The Balaban J connectivity index is 1.21. The van der Waals surface area contributed by atoms with Crippen LogP contribution >= 0.6 is 11.8 Å². The number of hydrogen-bond donors (Lipinski definition) is 1. The Morgan fingerprint density at radius 3 is 2.23 bits per heavy atom. The molecule has 2 saturated heterocycles. The van der Waals surface area contributed by atoms with Gasteiger partial charge in [-0.05, 0) is 79.8 Å². The lowest BCUT2D eigenvalue weighted by Crippen LogP contribution is -2.48. The summed E-state index contributed by atoms with van der Waals surface area (Å²) in [6, 6.07) is 23.5. The second-order valence-corrected chi connectivity index (χ2v) is 10.2. The summed E-state index contributed by atoms with van der Waals surface area (Å²) in [5.41, 5.74) is 3.19. The molecule has 0 saturated carbocycles. The third kappa shape index (κ3) is 6.04. The summed E-state index contributed by atoms with van der Waals surface area (Å²) in [5, 5.41) is 0. The van der Waals surface area contributed by atoms with Gasteiger partial charge in [-0.2, -0.15) is 0 Å². The molecule has 3 atom stereocenters. The van der Waals surface area contributed by atoms with E-state index in [-0.39, 0.29) is 23.9 Å². The van der Waals surface area contributed by atoms with Crippen LogP contribution in [0.4, 0.5) is 4.39 Å². The van der Waals surface area contributed by atoms with Gasteiger partial charge in [0.25, 0.3) is 5.91 Å². The van der Waals surface area contributed by atoms with Gasteiger partial charge in [-0.15, -0.1) is 11.8 Å². The molecule has 2 fully saturated rings. The van der Waals surface area contributed by atoms with E-state index in [2.05, 4.69) is 5.48 Å². The van der Waals surface area contributed by atoms with E-state index in [4.69, 9.17) is 14.3 Å². The molecule has 1 amide bonds. The van der Waals surface area contributed by atoms with Crippen LogP contribution in [-0.2, 0) is 21.0 Å². The van der Waals surface area contributed by atoms with E-state index in [1.165, 1.54) is 12.1 Å². The maximum atomic E-state index is 13.4. The summed E-state index contributed by atoms with van der Waals surface area (Å²) < 4.78 is 24.9. The maximum Gasteiger partial charge on any atom is 0.250 e. The number of hydrogen-bond acceptors (Lipinski definition) is 5. The van der Waals surface area contributed by atoms with E-state index in [1.54, 1.807) is 23.9 Å². The summed E-state index contributed by atoms with van der Waals surface area (Å²) in [6.45, 7) is 0.328. The van der Waals surface area contributed by atoms with Crippen LogP contribution in [0.15, 0.2) is 83.8 Å². The van der Waals surface area contributed by atoms with Crippen LogP contribution < -0.4 is 10.2 Å². The summed E-state index contributed by atoms with van der Waals surface area (Å²) in [5.74, 6) is 1.52. The predicted octanol–water partition coefficient (Wildman–Crippen LogP) is 6.29. The number of carbonyl (C=O) groups excluding carboxylic acids is 1. The molecular weight excluding hydrogens is 465 g/mol. The van der Waals surface area contributed by atoms with Crippen LogP contribution in [0, 0.1) is 11.2 Å². The lowest BCUT2D eigenvalue weighted by atomic mass is 9.78. The van der Waals surface area contributed by atoms with Gasteiger partial charge < -0.3 is 9.47 Å². The van der Waals surface area contributed by atoms with Crippen molar-refractivity contribution >= 4 is 17.7 Å². The number of nitrogens with one attached hydrogen (secondary N) is 1. The molecule has 3 aromatic rings. The van der Waals surface area contributed by atoms with Crippen molar-refractivity contribution < 1.29 is 23.5 Å². The highest BCUT2D eigenvalue weighted by Gasteiger charge is 2.49. The van der Waals surface area contributed by atoms with Crippen molar-refractivity contribution in [2.75, 3.05) is 5.75 Å². The first-order valence-corrected chi connectivity index (χ1v) is 12.8. The third-order valence-electron chi connectivity index (χ3n) is 6.55. The van der Waals surface area contributed by atoms with Crippen molar-refractivity contribution in [2.45, 2.75) is 49.4 Å². The molecule has 0 spiro atoms. The van der Waals surface area contributed by atoms with Gasteiger partial charge in [0.05, 0.1) is 24.2 Å². The van der Waals surface area contributed by atoms with E-state index in [0.717, 1.165) is 23.3 Å². The first kappa shape index (κ1) is 23.9. The lowest BCUT2D eigenvalue weighted by Gasteiger charge is -2.39. The Morgan fingerprint density at radius 1 is 0.943 bits per heavy atom. The van der Waals surface area contributed by atoms with Crippen molar-refractivity contribution in [1.82, 2.24) is 5.48 Å². The number of halogens is 1. The monoisotopic (exact) mass is 493 g/mol. The smallest absolute Gasteiger partial charge is 0.250 e. The Labute approximate surface area is 208 Å². The Hall–Kier alpha value is -2.87. The quantitative estimate of drug-likeness (QED) is 0.281. The van der Waals surface area contributed by atoms with E-state index < -0.39 is 5.41 Å². The van der Waals surface area contributed by atoms with Crippen molar-refractivity contribution in [1.29, 1.82) is 0 Å². The maximum absolute atomic E-state index is 13.4. The molecule has 2 aliphatic rings. The molecule has 7 heteroatoms. The highest BCUT2D eigenvalue weighted by Crippen LogP contribution is 2.46. The molecule has 2 heterocycles. The third-order valence-corrected chi connectivity index (χ3v) is 7.85. The molecule has 182 valence electrons. The average Bonchev–Trinajstić information content (AvgIpc) is 3.23. The number of hydroxylamine groups is 1. The molecule has 3 aromatic carbocycles. The Morgan fingerprint density at radius 2 is 1.57 bits per heavy atom. The minimum atomic E-state index is -0.547. The highest BCUT2D eigenvalue weighted by molar-refractivity contribution is 7.99. The van der Waals surface area contributed by atoms with Crippen LogP contribution in [0.5, 0.6) is 11.5 Å². The fourth-order valence-electron chi connectivity index (χ4n) is 4.74. The second kappa shape index (κ2) is 10.8.